The number of amides is 1. The van der Waals surface area contributed by atoms with E-state index >= 15 is 0 Å². The summed E-state index contributed by atoms with van der Waals surface area (Å²) in [6.45, 7) is 4.52. The lowest BCUT2D eigenvalue weighted by Gasteiger charge is -2.22. The molecule has 0 aromatic heterocycles. The van der Waals surface area contributed by atoms with Crippen molar-refractivity contribution >= 4 is 18.3 Å². The molecule has 0 unspecified atom stereocenters. The molecule has 1 aromatic rings. The Kier molecular flexibility index (Phi) is 6.25. The van der Waals surface area contributed by atoms with Crippen LogP contribution in [0.3, 0.4) is 0 Å². The van der Waals surface area contributed by atoms with Gasteiger partial charge in [0.1, 0.15) is 5.82 Å². The Morgan fingerprint density at radius 3 is 2.79 bits per heavy atom. The van der Waals surface area contributed by atoms with Crippen LogP contribution in [0.15, 0.2) is 18.2 Å². The average molecular weight is 287 g/mol. The Bertz CT molecular complexity index is 433. The maximum Gasteiger partial charge on any atom is 0.251 e. The molecule has 106 valence electrons. The number of nitrogens with one attached hydrogen (secondary N) is 2. The zero-order valence-corrected chi connectivity index (χ0v) is 11.9. The van der Waals surface area contributed by atoms with Gasteiger partial charge in [0.15, 0.2) is 0 Å². The Morgan fingerprint density at radius 1 is 1.42 bits per heavy atom. The number of carbonyl (C=O) groups is 1. The first-order valence-corrected chi connectivity index (χ1v) is 6.42. The number of rotatable bonds is 3. The molecule has 0 spiro atoms. The Balaban J connectivity index is 0.00000180. The third-order valence-electron chi connectivity index (χ3n) is 3.45. The van der Waals surface area contributed by atoms with E-state index in [-0.39, 0.29) is 24.1 Å². The van der Waals surface area contributed by atoms with Crippen molar-refractivity contribution in [1.82, 2.24) is 10.6 Å². The fraction of sp³-hybridized carbons (Fsp3) is 0.500. The van der Waals surface area contributed by atoms with E-state index in [1.807, 2.05) is 6.92 Å². The average Bonchev–Trinajstić information content (AvgIpc) is 2.40. The monoisotopic (exact) mass is 286 g/mol. The van der Waals surface area contributed by atoms with Crippen LogP contribution in [-0.4, -0.2) is 25.5 Å². The van der Waals surface area contributed by atoms with Crippen LogP contribution in [0.1, 0.15) is 28.8 Å². The molecule has 0 bridgehead atoms. The Hall–Kier alpha value is -1.13. The molecule has 2 rings (SSSR count). The first-order valence-electron chi connectivity index (χ1n) is 6.42. The van der Waals surface area contributed by atoms with Gasteiger partial charge in [0.05, 0.1) is 0 Å². The molecule has 19 heavy (non-hydrogen) atoms. The Morgan fingerprint density at radius 2 is 2.11 bits per heavy atom. The third-order valence-corrected chi connectivity index (χ3v) is 3.45. The van der Waals surface area contributed by atoms with Crippen LogP contribution in [0.4, 0.5) is 4.39 Å². The molecule has 1 aliphatic heterocycles. The van der Waals surface area contributed by atoms with E-state index in [9.17, 15) is 9.18 Å². The summed E-state index contributed by atoms with van der Waals surface area (Å²) in [5.74, 6) is -0.0118. The number of hydrogen-bond donors (Lipinski definition) is 2. The van der Waals surface area contributed by atoms with E-state index in [4.69, 9.17) is 0 Å². The van der Waals surface area contributed by atoms with Gasteiger partial charge < -0.3 is 10.6 Å². The van der Waals surface area contributed by atoms with E-state index in [0.29, 0.717) is 18.0 Å². The first-order chi connectivity index (χ1) is 8.66. The van der Waals surface area contributed by atoms with Crippen molar-refractivity contribution in [2.24, 2.45) is 5.92 Å². The predicted octanol–water partition coefficient (Wildman–Crippen LogP) is 2.29. The standard InChI is InChI=1S/C14H19FN2O.ClH/c1-10-2-3-12(15)8-13(10)14(18)17-9-11-4-6-16-7-5-11;/h2-3,8,11,16H,4-7,9H2,1H3,(H,17,18);1H. The summed E-state index contributed by atoms with van der Waals surface area (Å²) in [4.78, 5) is 12.0. The van der Waals surface area contributed by atoms with Crippen molar-refractivity contribution in [3.8, 4) is 0 Å². The summed E-state index contributed by atoms with van der Waals surface area (Å²) in [6.07, 6.45) is 2.17. The second-order valence-corrected chi connectivity index (χ2v) is 4.86. The van der Waals surface area contributed by atoms with E-state index in [1.165, 1.54) is 12.1 Å². The van der Waals surface area contributed by atoms with Crippen molar-refractivity contribution in [2.75, 3.05) is 19.6 Å². The number of aryl methyl sites for hydroxylation is 1. The van der Waals surface area contributed by atoms with Crippen LogP contribution >= 0.6 is 12.4 Å². The van der Waals surface area contributed by atoms with Gasteiger partial charge in [0.2, 0.25) is 0 Å². The third kappa shape index (κ3) is 4.48. The van der Waals surface area contributed by atoms with E-state index in [2.05, 4.69) is 10.6 Å². The van der Waals surface area contributed by atoms with Crippen molar-refractivity contribution in [3.05, 3.63) is 35.1 Å². The number of hydrogen-bond acceptors (Lipinski definition) is 2. The van der Waals surface area contributed by atoms with Gasteiger partial charge >= 0.3 is 0 Å². The van der Waals surface area contributed by atoms with Crippen LogP contribution in [0.25, 0.3) is 0 Å². The van der Waals surface area contributed by atoms with Crippen LogP contribution in [0.5, 0.6) is 0 Å². The van der Waals surface area contributed by atoms with Crippen LogP contribution in [0.2, 0.25) is 0 Å². The molecule has 0 saturated carbocycles. The van der Waals surface area contributed by atoms with Gasteiger partial charge in [-0.2, -0.15) is 0 Å². The number of benzene rings is 1. The molecule has 1 aliphatic rings. The highest BCUT2D eigenvalue weighted by Gasteiger charge is 2.15. The van der Waals surface area contributed by atoms with Crippen molar-refractivity contribution < 1.29 is 9.18 Å². The molecule has 1 aromatic carbocycles. The van der Waals surface area contributed by atoms with Crippen molar-refractivity contribution in [3.63, 3.8) is 0 Å². The molecule has 1 fully saturated rings. The molecule has 3 nitrogen and oxygen atoms in total. The summed E-state index contributed by atoms with van der Waals surface area (Å²) < 4.78 is 13.1. The largest absolute Gasteiger partial charge is 0.352 e. The van der Waals surface area contributed by atoms with Gasteiger partial charge in [-0.15, -0.1) is 12.4 Å². The summed E-state index contributed by atoms with van der Waals surface area (Å²) in [5, 5.41) is 6.19. The molecule has 0 atom stereocenters. The van der Waals surface area contributed by atoms with Crippen molar-refractivity contribution in [2.45, 2.75) is 19.8 Å². The highest BCUT2D eigenvalue weighted by molar-refractivity contribution is 5.95. The highest BCUT2D eigenvalue weighted by atomic mass is 35.5. The van der Waals surface area contributed by atoms with Crippen LogP contribution in [-0.2, 0) is 0 Å². The fourth-order valence-electron chi connectivity index (χ4n) is 2.26. The molecule has 1 amide bonds. The second-order valence-electron chi connectivity index (χ2n) is 4.86. The van der Waals surface area contributed by atoms with Crippen LogP contribution < -0.4 is 10.6 Å². The summed E-state index contributed by atoms with van der Waals surface area (Å²) in [6, 6.07) is 4.31. The summed E-state index contributed by atoms with van der Waals surface area (Å²) >= 11 is 0. The quantitative estimate of drug-likeness (QED) is 0.895. The zero-order valence-electron chi connectivity index (χ0n) is 11.0. The highest BCUT2D eigenvalue weighted by Crippen LogP contribution is 2.12. The maximum atomic E-state index is 13.1. The van der Waals surface area contributed by atoms with Gasteiger partial charge in [-0.05, 0) is 56.5 Å². The molecule has 0 aliphatic carbocycles. The fourth-order valence-corrected chi connectivity index (χ4v) is 2.26. The summed E-state index contributed by atoms with van der Waals surface area (Å²) in [5.41, 5.74) is 1.24. The number of carbonyl (C=O) groups excluding carboxylic acids is 1. The summed E-state index contributed by atoms with van der Waals surface area (Å²) in [7, 11) is 0. The number of piperidine rings is 1. The normalized spacial score (nSPS) is 15.7. The predicted molar refractivity (Wildman–Crippen MR) is 76.3 cm³/mol. The molecule has 5 heteroatoms. The lowest BCUT2D eigenvalue weighted by molar-refractivity contribution is 0.0943. The van der Waals surface area contributed by atoms with E-state index in [0.717, 1.165) is 31.5 Å². The molecule has 1 saturated heterocycles. The van der Waals surface area contributed by atoms with Gasteiger partial charge in [0, 0.05) is 12.1 Å². The van der Waals surface area contributed by atoms with E-state index in [1.54, 1.807) is 6.07 Å². The minimum absolute atomic E-state index is 0. The molecular weight excluding hydrogens is 267 g/mol. The van der Waals surface area contributed by atoms with E-state index < -0.39 is 0 Å². The first kappa shape index (κ1) is 15.9. The molecular formula is C14H20ClFN2O. The lowest BCUT2D eigenvalue weighted by atomic mass is 9.98. The minimum Gasteiger partial charge on any atom is -0.352 e. The molecule has 1 heterocycles. The van der Waals surface area contributed by atoms with Gasteiger partial charge in [-0.3, -0.25) is 4.79 Å². The van der Waals surface area contributed by atoms with Crippen LogP contribution in [0, 0.1) is 18.7 Å². The number of halogens is 2. The zero-order chi connectivity index (χ0) is 13.0. The maximum absolute atomic E-state index is 13.1. The Labute approximate surface area is 119 Å². The van der Waals surface area contributed by atoms with Gasteiger partial charge in [-0.1, -0.05) is 6.07 Å². The van der Waals surface area contributed by atoms with Gasteiger partial charge in [0.25, 0.3) is 5.91 Å². The molecule has 0 radical (unpaired) electrons. The SMILES string of the molecule is Cc1ccc(F)cc1C(=O)NCC1CCNCC1.Cl. The topological polar surface area (TPSA) is 41.1 Å². The lowest BCUT2D eigenvalue weighted by Crippen LogP contribution is -2.36. The smallest absolute Gasteiger partial charge is 0.251 e. The molecule has 2 N–H and O–H groups in total. The van der Waals surface area contributed by atoms with Crippen molar-refractivity contribution in [1.29, 1.82) is 0 Å². The second kappa shape index (κ2) is 7.46. The minimum atomic E-state index is -0.368. The van der Waals surface area contributed by atoms with Gasteiger partial charge in [-0.25, -0.2) is 4.39 Å².